The minimum Gasteiger partial charge on any atom is -0.490 e. The summed E-state index contributed by atoms with van der Waals surface area (Å²) in [5, 5.41) is 10.9. The van der Waals surface area contributed by atoms with E-state index in [9.17, 15) is 10.1 Å². The van der Waals surface area contributed by atoms with E-state index in [1.54, 1.807) is 12.3 Å². The number of anilines is 2. The van der Waals surface area contributed by atoms with Gasteiger partial charge in [0.2, 0.25) is 5.88 Å². The van der Waals surface area contributed by atoms with E-state index in [4.69, 9.17) is 19.0 Å². The fourth-order valence-electron chi connectivity index (χ4n) is 3.58. The van der Waals surface area contributed by atoms with Crippen molar-refractivity contribution in [2.24, 2.45) is 0 Å². The van der Waals surface area contributed by atoms with Crippen molar-refractivity contribution in [1.82, 2.24) is 10.0 Å². The summed E-state index contributed by atoms with van der Waals surface area (Å²) in [7, 11) is 2.75. The highest BCUT2D eigenvalue weighted by molar-refractivity contribution is 5.72. The minimum atomic E-state index is -0.743. The number of pyridine rings is 1. The molecule has 10 heteroatoms. The number of benzene rings is 1. The Bertz CT molecular complexity index is 1010. The number of nitriles is 1. The molecule has 1 aromatic heterocycles. The molecule has 0 N–H and O–H groups in total. The lowest BCUT2D eigenvalue weighted by molar-refractivity contribution is -0.112. The molecule has 3 heterocycles. The van der Waals surface area contributed by atoms with Gasteiger partial charge in [0.1, 0.15) is 35.8 Å². The zero-order valence-electron chi connectivity index (χ0n) is 17.2. The molecule has 0 saturated carbocycles. The zero-order valence-corrected chi connectivity index (χ0v) is 17.2. The van der Waals surface area contributed by atoms with Gasteiger partial charge in [0.25, 0.3) is 0 Å². The second-order valence-electron chi connectivity index (χ2n) is 6.95. The van der Waals surface area contributed by atoms with Crippen molar-refractivity contribution in [3.05, 3.63) is 36.0 Å². The normalized spacial score (nSPS) is 17.8. The van der Waals surface area contributed by atoms with Crippen molar-refractivity contribution in [2.75, 3.05) is 45.4 Å². The van der Waals surface area contributed by atoms with Gasteiger partial charge >= 0.3 is 6.16 Å². The molecule has 2 aliphatic heterocycles. The van der Waals surface area contributed by atoms with Crippen LogP contribution in [0.4, 0.5) is 16.2 Å². The number of hydroxylamine groups is 2. The van der Waals surface area contributed by atoms with Gasteiger partial charge < -0.3 is 28.7 Å². The molecule has 31 heavy (non-hydrogen) atoms. The Hall–Kier alpha value is -3.71. The van der Waals surface area contributed by atoms with Crippen LogP contribution in [0.1, 0.15) is 12.0 Å². The van der Waals surface area contributed by atoms with Crippen molar-refractivity contribution in [3.63, 3.8) is 0 Å². The number of methoxy groups -OCH3 is 2. The van der Waals surface area contributed by atoms with Crippen LogP contribution in [0, 0.1) is 11.3 Å². The predicted octanol–water partition coefficient (Wildman–Crippen LogP) is 2.64. The largest absolute Gasteiger partial charge is 0.527 e. The number of rotatable bonds is 5. The monoisotopic (exact) mass is 426 g/mol. The Balaban J connectivity index is 1.52. The molecule has 0 aliphatic carbocycles. The van der Waals surface area contributed by atoms with E-state index < -0.39 is 6.16 Å². The molecule has 0 unspecified atom stereocenters. The molecule has 0 amide bonds. The first-order valence-corrected chi connectivity index (χ1v) is 9.77. The Morgan fingerprint density at radius 2 is 2.16 bits per heavy atom. The average Bonchev–Trinajstić information content (AvgIpc) is 3.24. The van der Waals surface area contributed by atoms with Crippen LogP contribution in [-0.4, -0.2) is 62.8 Å². The zero-order chi connectivity index (χ0) is 21.8. The summed E-state index contributed by atoms with van der Waals surface area (Å²) < 4.78 is 21.6. The Morgan fingerprint density at radius 1 is 1.29 bits per heavy atom. The van der Waals surface area contributed by atoms with Crippen LogP contribution in [0.5, 0.6) is 17.4 Å². The molecular weight excluding hydrogens is 404 g/mol. The number of carbonyl (C=O) groups is 1. The van der Waals surface area contributed by atoms with E-state index in [-0.39, 0.29) is 12.0 Å². The van der Waals surface area contributed by atoms with Crippen molar-refractivity contribution in [2.45, 2.75) is 12.5 Å². The molecule has 1 saturated heterocycles. The van der Waals surface area contributed by atoms with Gasteiger partial charge in [-0.2, -0.15) is 5.26 Å². The van der Waals surface area contributed by atoms with E-state index in [2.05, 4.69) is 15.8 Å². The third-order valence-corrected chi connectivity index (χ3v) is 5.04. The maximum Gasteiger partial charge on any atom is 0.527 e. The first kappa shape index (κ1) is 20.6. The van der Waals surface area contributed by atoms with E-state index in [0.717, 1.165) is 17.1 Å². The van der Waals surface area contributed by atoms with Crippen LogP contribution in [0.15, 0.2) is 30.5 Å². The van der Waals surface area contributed by atoms with E-state index in [0.29, 0.717) is 44.0 Å². The number of hydrogen-bond acceptors (Lipinski definition) is 10. The molecule has 0 radical (unpaired) electrons. The number of carbonyl (C=O) groups excluding carboxylic acids is 1. The molecule has 4 rings (SSSR count). The van der Waals surface area contributed by atoms with Gasteiger partial charge in [-0.3, -0.25) is 0 Å². The van der Waals surface area contributed by atoms with Crippen LogP contribution in [0.2, 0.25) is 0 Å². The fraction of sp³-hybridized carbons (Fsp3) is 0.381. The van der Waals surface area contributed by atoms with Gasteiger partial charge in [0, 0.05) is 19.0 Å². The Kier molecular flexibility index (Phi) is 5.95. The maximum atomic E-state index is 11.3. The van der Waals surface area contributed by atoms with E-state index in [1.807, 2.05) is 23.1 Å². The lowest BCUT2D eigenvalue weighted by Crippen LogP contribution is -2.29. The van der Waals surface area contributed by atoms with Gasteiger partial charge in [0.05, 0.1) is 44.9 Å². The molecule has 2 aliphatic rings. The quantitative estimate of drug-likeness (QED) is 0.662. The molecule has 0 bridgehead atoms. The number of hydrogen-bond donors (Lipinski definition) is 0. The summed E-state index contributed by atoms with van der Waals surface area (Å²) >= 11 is 0. The molecule has 1 atom stereocenters. The van der Waals surface area contributed by atoms with Gasteiger partial charge in [-0.15, -0.1) is 5.06 Å². The lowest BCUT2D eigenvalue weighted by Gasteiger charge is -2.31. The maximum absolute atomic E-state index is 11.3. The number of fused-ring (bicyclic) bond motifs is 1. The fourth-order valence-corrected chi connectivity index (χ4v) is 3.58. The minimum absolute atomic E-state index is 0.131. The predicted molar refractivity (Wildman–Crippen MR) is 109 cm³/mol. The van der Waals surface area contributed by atoms with E-state index in [1.165, 1.54) is 19.3 Å². The van der Waals surface area contributed by atoms with Crippen LogP contribution < -0.4 is 19.1 Å². The topological polar surface area (TPSA) is 106 Å². The number of nitrogens with zero attached hydrogens (tertiary/aromatic N) is 4. The standard InChI is InChI=1S/C21H22N4O6/c1-27-20-14(11-22)9-15(12-23-20)25-7-8-29-19-4-3-16(10-18(19)25)30-17-5-6-24(13-17)31-21(26)28-2/h3-4,9-10,12,17H,5-8,13H2,1-2H3/t17-/m0/s1. The summed E-state index contributed by atoms with van der Waals surface area (Å²) in [4.78, 5) is 22.6. The van der Waals surface area contributed by atoms with Gasteiger partial charge in [0.15, 0.2) is 0 Å². The van der Waals surface area contributed by atoms with Crippen molar-refractivity contribution in [3.8, 4) is 23.4 Å². The summed E-state index contributed by atoms with van der Waals surface area (Å²) in [5.74, 6) is 1.67. The van der Waals surface area contributed by atoms with Gasteiger partial charge in [-0.05, 0) is 18.2 Å². The van der Waals surface area contributed by atoms with Crippen LogP contribution in [0.3, 0.4) is 0 Å². The lowest BCUT2D eigenvalue weighted by atomic mass is 10.2. The van der Waals surface area contributed by atoms with E-state index >= 15 is 0 Å². The molecule has 0 spiro atoms. The third kappa shape index (κ3) is 4.41. The Labute approximate surface area is 179 Å². The summed E-state index contributed by atoms with van der Waals surface area (Å²) in [6, 6.07) is 9.46. The first-order valence-electron chi connectivity index (χ1n) is 9.77. The molecule has 162 valence electrons. The second kappa shape index (κ2) is 8.97. The van der Waals surface area contributed by atoms with Crippen molar-refractivity contribution in [1.29, 1.82) is 5.26 Å². The molecule has 2 aromatic rings. The van der Waals surface area contributed by atoms with Crippen LogP contribution in [-0.2, 0) is 9.57 Å². The van der Waals surface area contributed by atoms with Gasteiger partial charge in [-0.1, -0.05) is 0 Å². The summed E-state index contributed by atoms with van der Waals surface area (Å²) in [6.45, 7) is 2.11. The van der Waals surface area contributed by atoms with Crippen molar-refractivity contribution >= 4 is 17.5 Å². The average molecular weight is 426 g/mol. The SMILES string of the molecule is COC(=O)ON1CC[C@H](Oc2ccc3c(c2)N(c2cnc(OC)c(C#N)c2)CCO3)C1. The third-order valence-electron chi connectivity index (χ3n) is 5.04. The first-order chi connectivity index (χ1) is 15.1. The molecule has 1 aromatic carbocycles. The van der Waals surface area contributed by atoms with Crippen LogP contribution >= 0.6 is 0 Å². The highest BCUT2D eigenvalue weighted by atomic mass is 16.8. The molecular formula is C21H22N4O6. The smallest absolute Gasteiger partial charge is 0.490 e. The molecule has 10 nitrogen and oxygen atoms in total. The highest BCUT2D eigenvalue weighted by Crippen LogP contribution is 2.40. The second-order valence-corrected chi connectivity index (χ2v) is 6.95. The van der Waals surface area contributed by atoms with Crippen molar-refractivity contribution < 1.29 is 28.6 Å². The number of ether oxygens (including phenoxy) is 4. The highest BCUT2D eigenvalue weighted by Gasteiger charge is 2.28. The summed E-state index contributed by atoms with van der Waals surface area (Å²) in [5.41, 5.74) is 1.94. The van der Waals surface area contributed by atoms with Crippen LogP contribution in [0.25, 0.3) is 0 Å². The Morgan fingerprint density at radius 3 is 2.94 bits per heavy atom. The summed E-state index contributed by atoms with van der Waals surface area (Å²) in [6.07, 6.45) is 1.50. The molecule has 1 fully saturated rings. The number of aromatic nitrogens is 1. The van der Waals surface area contributed by atoms with Gasteiger partial charge in [-0.25, -0.2) is 9.78 Å².